The van der Waals surface area contributed by atoms with Crippen LogP contribution in [0.15, 0.2) is 21.9 Å². The van der Waals surface area contributed by atoms with Crippen LogP contribution < -0.4 is 5.32 Å². The molecule has 0 unspecified atom stereocenters. The average Bonchev–Trinajstić information content (AvgIpc) is 3.21. The summed E-state index contributed by atoms with van der Waals surface area (Å²) in [6, 6.07) is 3.35. The summed E-state index contributed by atoms with van der Waals surface area (Å²) in [7, 11) is 1.32. The Kier molecular flexibility index (Phi) is 4.96. The Hall–Kier alpha value is -2.19. The first-order valence-electron chi connectivity index (χ1n) is 7.67. The number of ether oxygens (including phenoxy) is 1. The first-order valence-corrected chi connectivity index (χ1v) is 8.55. The van der Waals surface area contributed by atoms with Crippen LogP contribution in [0.1, 0.15) is 17.9 Å². The van der Waals surface area contributed by atoms with Gasteiger partial charge in [0.25, 0.3) is 0 Å². The summed E-state index contributed by atoms with van der Waals surface area (Å²) in [6.45, 7) is 3.51. The second-order valence-corrected chi connectivity index (χ2v) is 6.50. The third kappa shape index (κ3) is 3.49. The second-order valence-electron chi connectivity index (χ2n) is 5.56. The maximum absolute atomic E-state index is 12.1. The van der Waals surface area contributed by atoms with E-state index < -0.39 is 12.0 Å². The zero-order chi connectivity index (χ0) is 17.1. The summed E-state index contributed by atoms with van der Waals surface area (Å²) >= 11 is 1.56. The molecule has 3 rings (SSSR count). The zero-order valence-electron chi connectivity index (χ0n) is 13.6. The highest BCUT2D eigenvalue weighted by Crippen LogP contribution is 2.27. The zero-order valence-corrected chi connectivity index (χ0v) is 14.4. The normalized spacial score (nSPS) is 18.4. The molecule has 8 heteroatoms. The molecular formula is C16H19N3O4S. The number of amides is 1. The van der Waals surface area contributed by atoms with Crippen molar-refractivity contribution in [1.29, 1.82) is 0 Å². The number of oxazole rings is 1. The van der Waals surface area contributed by atoms with Crippen LogP contribution in [0, 0.1) is 6.92 Å². The van der Waals surface area contributed by atoms with E-state index in [0.717, 1.165) is 16.3 Å². The van der Waals surface area contributed by atoms with Gasteiger partial charge in [-0.15, -0.1) is 11.3 Å². The molecule has 0 radical (unpaired) electrons. The van der Waals surface area contributed by atoms with Gasteiger partial charge in [0.15, 0.2) is 0 Å². The Labute approximate surface area is 143 Å². The van der Waals surface area contributed by atoms with Crippen LogP contribution in [-0.4, -0.2) is 48.0 Å². The van der Waals surface area contributed by atoms with E-state index in [1.54, 1.807) is 11.3 Å². The van der Waals surface area contributed by atoms with E-state index in [9.17, 15) is 9.59 Å². The number of methoxy groups -OCH3 is 1. The molecule has 24 heavy (non-hydrogen) atoms. The molecule has 2 aromatic rings. The van der Waals surface area contributed by atoms with Crippen molar-refractivity contribution in [3.8, 4) is 10.8 Å². The first-order chi connectivity index (χ1) is 11.6. The van der Waals surface area contributed by atoms with E-state index in [-0.39, 0.29) is 12.3 Å². The molecule has 128 valence electrons. The summed E-state index contributed by atoms with van der Waals surface area (Å²) in [6.07, 6.45) is 0.0248. The number of piperazine rings is 1. The number of thiophene rings is 1. The predicted octanol–water partition coefficient (Wildman–Crippen LogP) is 1.58. The molecule has 1 amide bonds. The maximum Gasteiger partial charge on any atom is 0.307 e. The SMILES string of the molecule is COC(=O)C[C@@H]1C(=O)NCCN1Cc1nc(-c2cccs2)oc1C. The lowest BCUT2D eigenvalue weighted by atomic mass is 10.1. The van der Waals surface area contributed by atoms with Gasteiger partial charge in [-0.3, -0.25) is 14.5 Å². The van der Waals surface area contributed by atoms with Gasteiger partial charge >= 0.3 is 5.97 Å². The smallest absolute Gasteiger partial charge is 0.307 e. The fourth-order valence-corrected chi connectivity index (χ4v) is 3.34. The largest absolute Gasteiger partial charge is 0.469 e. The predicted molar refractivity (Wildman–Crippen MR) is 88.4 cm³/mol. The van der Waals surface area contributed by atoms with E-state index in [2.05, 4.69) is 10.3 Å². The van der Waals surface area contributed by atoms with Crippen molar-refractivity contribution in [1.82, 2.24) is 15.2 Å². The number of carbonyl (C=O) groups is 2. The van der Waals surface area contributed by atoms with E-state index in [0.29, 0.717) is 25.5 Å². The van der Waals surface area contributed by atoms with Crippen LogP contribution in [0.2, 0.25) is 0 Å². The molecule has 1 saturated heterocycles. The lowest BCUT2D eigenvalue weighted by molar-refractivity contribution is -0.146. The lowest BCUT2D eigenvalue weighted by Gasteiger charge is -2.33. The lowest BCUT2D eigenvalue weighted by Crippen LogP contribution is -2.55. The van der Waals surface area contributed by atoms with Gasteiger partial charge in [0.1, 0.15) is 11.8 Å². The summed E-state index contributed by atoms with van der Waals surface area (Å²) in [5.74, 6) is 0.745. The Bertz CT molecular complexity index is 726. The molecule has 0 bridgehead atoms. The Morgan fingerprint density at radius 1 is 1.58 bits per heavy atom. The molecular weight excluding hydrogens is 330 g/mol. The Balaban J connectivity index is 1.78. The Morgan fingerprint density at radius 3 is 3.12 bits per heavy atom. The van der Waals surface area contributed by atoms with Crippen LogP contribution in [0.5, 0.6) is 0 Å². The molecule has 1 aliphatic heterocycles. The van der Waals surface area contributed by atoms with Gasteiger partial charge in [-0.05, 0) is 18.4 Å². The first kappa shape index (κ1) is 16.7. The summed E-state index contributed by atoms with van der Waals surface area (Å²) < 4.78 is 10.4. The number of carbonyl (C=O) groups excluding carboxylic acids is 2. The van der Waals surface area contributed by atoms with Gasteiger partial charge in [0, 0.05) is 19.6 Å². The van der Waals surface area contributed by atoms with E-state index in [1.165, 1.54) is 7.11 Å². The molecule has 1 N–H and O–H groups in total. The topological polar surface area (TPSA) is 84.7 Å². The van der Waals surface area contributed by atoms with Crippen molar-refractivity contribution in [2.24, 2.45) is 0 Å². The van der Waals surface area contributed by atoms with Crippen molar-refractivity contribution in [2.45, 2.75) is 25.9 Å². The van der Waals surface area contributed by atoms with Crippen molar-refractivity contribution in [2.75, 3.05) is 20.2 Å². The number of nitrogens with zero attached hydrogens (tertiary/aromatic N) is 2. The van der Waals surface area contributed by atoms with Crippen LogP contribution in [0.4, 0.5) is 0 Å². The number of aromatic nitrogens is 1. The van der Waals surface area contributed by atoms with Crippen LogP contribution in [-0.2, 0) is 20.9 Å². The standard InChI is InChI=1S/C16H19N3O4S/c1-10-11(18-16(23-10)13-4-3-7-24-13)9-19-6-5-17-15(21)12(19)8-14(20)22-2/h3-4,7,12H,5-6,8-9H2,1-2H3,(H,17,21)/t12-/m1/s1. The molecule has 0 aromatic carbocycles. The molecule has 0 spiro atoms. The molecule has 0 aliphatic carbocycles. The summed E-state index contributed by atoms with van der Waals surface area (Å²) in [5.41, 5.74) is 0.781. The van der Waals surface area contributed by atoms with E-state index >= 15 is 0 Å². The Morgan fingerprint density at radius 2 is 2.42 bits per heavy atom. The van der Waals surface area contributed by atoms with Crippen LogP contribution >= 0.6 is 11.3 Å². The average molecular weight is 349 g/mol. The maximum atomic E-state index is 12.1. The quantitative estimate of drug-likeness (QED) is 0.825. The van der Waals surface area contributed by atoms with Gasteiger partial charge in [0.05, 0.1) is 24.1 Å². The molecule has 1 atom stereocenters. The number of hydrogen-bond acceptors (Lipinski definition) is 7. The van der Waals surface area contributed by atoms with Crippen molar-refractivity contribution >= 4 is 23.2 Å². The number of hydrogen-bond donors (Lipinski definition) is 1. The summed E-state index contributed by atoms with van der Waals surface area (Å²) in [4.78, 5) is 31.2. The number of aryl methyl sites for hydroxylation is 1. The third-order valence-electron chi connectivity index (χ3n) is 4.01. The molecule has 1 aliphatic rings. The minimum atomic E-state index is -0.549. The van der Waals surface area contributed by atoms with Gasteiger partial charge in [-0.2, -0.15) is 0 Å². The molecule has 7 nitrogen and oxygen atoms in total. The second kappa shape index (κ2) is 7.14. The highest BCUT2D eigenvalue weighted by atomic mass is 32.1. The fraction of sp³-hybridized carbons (Fsp3) is 0.438. The van der Waals surface area contributed by atoms with E-state index in [4.69, 9.17) is 9.15 Å². The fourth-order valence-electron chi connectivity index (χ4n) is 2.69. The molecule has 0 saturated carbocycles. The number of rotatable bonds is 5. The number of nitrogens with one attached hydrogen (secondary N) is 1. The number of esters is 1. The minimum absolute atomic E-state index is 0.0248. The molecule has 1 fully saturated rings. The van der Waals surface area contributed by atoms with Gasteiger partial charge in [0.2, 0.25) is 11.8 Å². The van der Waals surface area contributed by atoms with Crippen molar-refractivity contribution in [3.05, 3.63) is 29.0 Å². The van der Waals surface area contributed by atoms with Crippen LogP contribution in [0.3, 0.4) is 0 Å². The van der Waals surface area contributed by atoms with Gasteiger partial charge < -0.3 is 14.5 Å². The highest BCUT2D eigenvalue weighted by molar-refractivity contribution is 7.13. The molecule has 2 aromatic heterocycles. The van der Waals surface area contributed by atoms with E-state index in [1.807, 2.05) is 29.3 Å². The van der Waals surface area contributed by atoms with Crippen LogP contribution in [0.25, 0.3) is 10.8 Å². The molecule has 3 heterocycles. The summed E-state index contributed by atoms with van der Waals surface area (Å²) in [5, 5.41) is 4.76. The highest BCUT2D eigenvalue weighted by Gasteiger charge is 2.33. The van der Waals surface area contributed by atoms with Gasteiger partial charge in [-0.25, -0.2) is 4.98 Å². The third-order valence-corrected chi connectivity index (χ3v) is 4.86. The monoisotopic (exact) mass is 349 g/mol. The van der Waals surface area contributed by atoms with Gasteiger partial charge in [-0.1, -0.05) is 6.07 Å². The van der Waals surface area contributed by atoms with Crippen molar-refractivity contribution < 1.29 is 18.7 Å². The minimum Gasteiger partial charge on any atom is -0.469 e. The van der Waals surface area contributed by atoms with Crippen molar-refractivity contribution in [3.63, 3.8) is 0 Å².